The van der Waals surface area contributed by atoms with E-state index < -0.39 is 11.9 Å². The van der Waals surface area contributed by atoms with E-state index in [-0.39, 0.29) is 22.8 Å². The number of nitrogens with zero attached hydrogens (tertiary/aromatic N) is 2. The number of aromatic hydroxyl groups is 1. The maximum absolute atomic E-state index is 12.4. The number of aliphatic imine (C=N–C) groups is 1. The van der Waals surface area contributed by atoms with Crippen molar-refractivity contribution >= 4 is 40.6 Å². The Hall–Kier alpha value is -3.46. The van der Waals surface area contributed by atoms with E-state index >= 15 is 0 Å². The Balaban J connectivity index is 1.91. The average Bonchev–Trinajstić information content (AvgIpc) is 3.08. The van der Waals surface area contributed by atoms with Gasteiger partial charge in [0, 0.05) is 7.05 Å². The van der Waals surface area contributed by atoms with Crippen LogP contribution in [0.2, 0.25) is 0 Å². The summed E-state index contributed by atoms with van der Waals surface area (Å²) in [5.74, 6) is -1.23. The third-order valence-electron chi connectivity index (χ3n) is 4.19. The molecule has 3 rings (SSSR count). The Kier molecular flexibility index (Phi) is 5.79. The van der Waals surface area contributed by atoms with Gasteiger partial charge in [-0.1, -0.05) is 12.1 Å². The lowest BCUT2D eigenvalue weighted by atomic mass is 10.1. The molecule has 0 saturated carbocycles. The van der Waals surface area contributed by atoms with Gasteiger partial charge in [-0.3, -0.25) is 4.79 Å². The van der Waals surface area contributed by atoms with E-state index in [1.165, 1.54) is 20.3 Å². The number of hydrogen-bond acceptors (Lipinski definition) is 7. The van der Waals surface area contributed by atoms with Crippen molar-refractivity contribution < 1.29 is 29.3 Å². The maximum Gasteiger partial charge on any atom is 0.337 e. The Morgan fingerprint density at radius 2 is 1.79 bits per heavy atom. The van der Waals surface area contributed by atoms with Gasteiger partial charge in [0.25, 0.3) is 5.91 Å². The number of phenolic OH excluding ortho intramolecular Hbond substituents is 1. The molecule has 1 heterocycles. The van der Waals surface area contributed by atoms with E-state index in [2.05, 4.69) is 4.99 Å². The molecule has 0 unspecified atom stereocenters. The van der Waals surface area contributed by atoms with Gasteiger partial charge >= 0.3 is 5.97 Å². The lowest BCUT2D eigenvalue weighted by Crippen LogP contribution is -2.24. The van der Waals surface area contributed by atoms with Crippen LogP contribution in [-0.2, 0) is 4.79 Å². The SMILES string of the molecule is COc1cc(/C=C2\SC(N(C)c3ccccc3C(=O)O)=NC2=O)cc(OC)c1O. The number of amidine groups is 1. The number of hydrogen-bond donors (Lipinski definition) is 2. The number of anilines is 1. The molecule has 0 radical (unpaired) electrons. The zero-order valence-corrected chi connectivity index (χ0v) is 16.7. The van der Waals surface area contributed by atoms with Crippen molar-refractivity contribution in [1.82, 2.24) is 0 Å². The highest BCUT2D eigenvalue weighted by Crippen LogP contribution is 2.39. The van der Waals surface area contributed by atoms with Crippen LogP contribution in [0.25, 0.3) is 6.08 Å². The molecule has 2 aromatic carbocycles. The number of methoxy groups -OCH3 is 2. The second-order valence-electron chi connectivity index (χ2n) is 5.97. The molecule has 1 aliphatic heterocycles. The molecule has 8 nitrogen and oxygen atoms in total. The van der Waals surface area contributed by atoms with E-state index in [0.717, 1.165) is 11.8 Å². The molecule has 0 aromatic heterocycles. The number of amides is 1. The van der Waals surface area contributed by atoms with Gasteiger partial charge in [0.2, 0.25) is 5.75 Å². The fourth-order valence-corrected chi connectivity index (χ4v) is 3.63. The first-order chi connectivity index (χ1) is 13.8. The Bertz CT molecular complexity index is 1020. The third kappa shape index (κ3) is 4.04. The standard InChI is InChI=1S/C20H18N2O6S/c1-22(13-7-5-4-6-12(13)19(25)26)20-21-18(24)16(29-20)10-11-8-14(27-2)17(23)15(9-11)28-3/h4-10,23H,1-3H3,(H,25,26)/b16-10-. The molecule has 9 heteroatoms. The first-order valence-electron chi connectivity index (χ1n) is 8.39. The van der Waals surface area contributed by atoms with Crippen LogP contribution in [0.1, 0.15) is 15.9 Å². The first-order valence-corrected chi connectivity index (χ1v) is 9.21. The van der Waals surface area contributed by atoms with E-state index in [1.807, 2.05) is 0 Å². The summed E-state index contributed by atoms with van der Waals surface area (Å²) in [6.07, 6.45) is 1.60. The maximum atomic E-state index is 12.4. The van der Waals surface area contributed by atoms with E-state index in [4.69, 9.17) is 9.47 Å². The van der Waals surface area contributed by atoms with Crippen LogP contribution in [0.4, 0.5) is 5.69 Å². The largest absolute Gasteiger partial charge is 0.502 e. The minimum Gasteiger partial charge on any atom is -0.502 e. The zero-order valence-electron chi connectivity index (χ0n) is 15.9. The van der Waals surface area contributed by atoms with E-state index in [0.29, 0.717) is 21.3 Å². The molecule has 2 N–H and O–H groups in total. The van der Waals surface area contributed by atoms with Crippen molar-refractivity contribution in [2.75, 3.05) is 26.2 Å². The summed E-state index contributed by atoms with van der Waals surface area (Å²) in [5.41, 5.74) is 1.11. The summed E-state index contributed by atoms with van der Waals surface area (Å²) in [4.78, 5) is 29.8. The van der Waals surface area contributed by atoms with Gasteiger partial charge in [0.05, 0.1) is 30.4 Å². The van der Waals surface area contributed by atoms with Crippen LogP contribution in [0.15, 0.2) is 46.3 Å². The van der Waals surface area contributed by atoms with Crippen LogP contribution in [0.5, 0.6) is 17.2 Å². The Morgan fingerprint density at radius 3 is 2.38 bits per heavy atom. The summed E-state index contributed by atoms with van der Waals surface area (Å²) in [5, 5.41) is 19.8. The highest BCUT2D eigenvalue weighted by Gasteiger charge is 2.27. The molecule has 2 aromatic rings. The van der Waals surface area contributed by atoms with Gasteiger partial charge in [-0.25, -0.2) is 4.79 Å². The second kappa shape index (κ2) is 8.27. The molecule has 0 bridgehead atoms. The molecular weight excluding hydrogens is 396 g/mol. The van der Waals surface area contributed by atoms with E-state index in [9.17, 15) is 19.8 Å². The number of aromatic carboxylic acids is 1. The number of ether oxygens (including phenoxy) is 2. The van der Waals surface area contributed by atoms with Crippen LogP contribution in [-0.4, -0.2) is 48.5 Å². The lowest BCUT2D eigenvalue weighted by molar-refractivity contribution is -0.113. The van der Waals surface area contributed by atoms with Crippen LogP contribution in [0, 0.1) is 0 Å². The normalized spacial score (nSPS) is 14.7. The van der Waals surface area contributed by atoms with Crippen molar-refractivity contribution in [1.29, 1.82) is 0 Å². The number of carboxylic acid groups (broad SMARTS) is 1. The van der Waals surface area contributed by atoms with Crippen molar-refractivity contribution in [2.24, 2.45) is 4.99 Å². The van der Waals surface area contributed by atoms with Gasteiger partial charge in [0.15, 0.2) is 16.7 Å². The van der Waals surface area contributed by atoms with Gasteiger partial charge in [-0.05, 0) is 47.7 Å². The smallest absolute Gasteiger partial charge is 0.337 e. The van der Waals surface area contributed by atoms with E-state index in [1.54, 1.807) is 48.4 Å². The molecule has 0 aliphatic carbocycles. The van der Waals surface area contributed by atoms with Gasteiger partial charge in [-0.2, -0.15) is 4.99 Å². The summed E-state index contributed by atoms with van der Waals surface area (Å²) >= 11 is 1.12. The van der Waals surface area contributed by atoms with Gasteiger partial charge in [-0.15, -0.1) is 0 Å². The minimum absolute atomic E-state index is 0.108. The van der Waals surface area contributed by atoms with Crippen molar-refractivity contribution in [3.8, 4) is 17.2 Å². The fourth-order valence-electron chi connectivity index (χ4n) is 2.74. The molecule has 1 aliphatic rings. The summed E-state index contributed by atoms with van der Waals surface area (Å²) in [6, 6.07) is 9.62. The lowest BCUT2D eigenvalue weighted by Gasteiger charge is -2.19. The number of para-hydroxylation sites is 1. The molecule has 1 amide bonds. The highest BCUT2D eigenvalue weighted by atomic mass is 32.2. The molecule has 0 spiro atoms. The topological polar surface area (TPSA) is 109 Å². The summed E-state index contributed by atoms with van der Waals surface area (Å²) in [7, 11) is 4.48. The van der Waals surface area contributed by atoms with Gasteiger partial charge in [0.1, 0.15) is 0 Å². The van der Waals surface area contributed by atoms with Crippen LogP contribution < -0.4 is 14.4 Å². The van der Waals surface area contributed by atoms with Crippen LogP contribution >= 0.6 is 11.8 Å². The monoisotopic (exact) mass is 414 g/mol. The average molecular weight is 414 g/mol. The molecule has 29 heavy (non-hydrogen) atoms. The number of rotatable bonds is 5. The quantitative estimate of drug-likeness (QED) is 0.718. The molecule has 0 fully saturated rings. The minimum atomic E-state index is -1.07. The Labute approximate surface area is 171 Å². The molecule has 150 valence electrons. The highest BCUT2D eigenvalue weighted by molar-refractivity contribution is 8.18. The van der Waals surface area contributed by atoms with Crippen molar-refractivity contribution in [3.05, 3.63) is 52.4 Å². The van der Waals surface area contributed by atoms with Gasteiger partial charge < -0.3 is 24.6 Å². The third-order valence-corrected chi connectivity index (χ3v) is 5.25. The number of benzene rings is 2. The number of thioether (sulfide) groups is 1. The number of carboxylic acids is 1. The fraction of sp³-hybridized carbons (Fsp3) is 0.150. The first kappa shape index (κ1) is 20.3. The van der Waals surface area contributed by atoms with Crippen molar-refractivity contribution in [2.45, 2.75) is 0 Å². The molecule has 0 saturated heterocycles. The summed E-state index contributed by atoms with van der Waals surface area (Å²) in [6.45, 7) is 0. The molecule has 0 atom stereocenters. The second-order valence-corrected chi connectivity index (χ2v) is 6.97. The predicted molar refractivity (Wildman–Crippen MR) is 111 cm³/mol. The molecular formula is C20H18N2O6S. The zero-order chi connectivity index (χ0) is 21.1. The number of phenols is 1. The van der Waals surface area contributed by atoms with Crippen molar-refractivity contribution in [3.63, 3.8) is 0 Å². The summed E-state index contributed by atoms with van der Waals surface area (Å²) < 4.78 is 10.3. The number of carbonyl (C=O) groups is 2. The van der Waals surface area contributed by atoms with Crippen LogP contribution in [0.3, 0.4) is 0 Å². The predicted octanol–water partition coefficient (Wildman–Crippen LogP) is 3.21. The Morgan fingerprint density at radius 1 is 1.17 bits per heavy atom. The number of carbonyl (C=O) groups excluding carboxylic acids is 1.